The Kier molecular flexibility index (Phi) is 3.97. The van der Waals surface area contributed by atoms with Gasteiger partial charge in [-0.1, -0.05) is 12.1 Å². The van der Waals surface area contributed by atoms with E-state index < -0.39 is 5.97 Å². The molecule has 1 rings (SSSR count). The van der Waals surface area contributed by atoms with E-state index in [1.54, 1.807) is 0 Å². The van der Waals surface area contributed by atoms with E-state index in [1.165, 1.54) is 0 Å². The van der Waals surface area contributed by atoms with Crippen molar-refractivity contribution in [1.82, 2.24) is 0 Å². The van der Waals surface area contributed by atoms with Gasteiger partial charge in [0.2, 0.25) is 0 Å². The standard InChI is InChI=1S/C11H16N2O2/c1-8(6-7-11(14)15)13-10-5-3-2-4-9(10)12/h2-5,8,13H,6-7,12H2,1H3,(H,14,15). The minimum absolute atomic E-state index is 0.103. The van der Waals surface area contributed by atoms with Gasteiger partial charge in [-0.05, 0) is 25.5 Å². The highest BCUT2D eigenvalue weighted by molar-refractivity contribution is 5.67. The molecule has 0 saturated heterocycles. The summed E-state index contributed by atoms with van der Waals surface area (Å²) in [5, 5.41) is 11.7. The second-order valence-electron chi connectivity index (χ2n) is 3.57. The Hall–Kier alpha value is -1.71. The van der Waals surface area contributed by atoms with E-state index >= 15 is 0 Å². The van der Waals surface area contributed by atoms with Crippen molar-refractivity contribution < 1.29 is 9.90 Å². The summed E-state index contributed by atoms with van der Waals surface area (Å²) in [5.74, 6) is -0.773. The summed E-state index contributed by atoms with van der Waals surface area (Å²) in [6, 6.07) is 7.55. The summed E-state index contributed by atoms with van der Waals surface area (Å²) < 4.78 is 0. The maximum atomic E-state index is 10.4. The largest absolute Gasteiger partial charge is 0.481 e. The van der Waals surface area contributed by atoms with Crippen LogP contribution in [0.2, 0.25) is 0 Å². The van der Waals surface area contributed by atoms with Crippen LogP contribution in [0.4, 0.5) is 11.4 Å². The van der Waals surface area contributed by atoms with Crippen molar-refractivity contribution in [2.45, 2.75) is 25.8 Å². The molecule has 15 heavy (non-hydrogen) atoms. The SMILES string of the molecule is CC(CCC(=O)O)Nc1ccccc1N. The molecule has 0 saturated carbocycles. The van der Waals surface area contributed by atoms with Crippen LogP contribution in [0.5, 0.6) is 0 Å². The first-order chi connectivity index (χ1) is 7.09. The van der Waals surface area contributed by atoms with Gasteiger partial charge in [0.1, 0.15) is 0 Å². The number of aliphatic carboxylic acids is 1. The predicted molar refractivity (Wildman–Crippen MR) is 60.8 cm³/mol. The molecule has 1 atom stereocenters. The topological polar surface area (TPSA) is 75.3 Å². The zero-order valence-corrected chi connectivity index (χ0v) is 8.73. The van der Waals surface area contributed by atoms with Gasteiger partial charge in [-0.2, -0.15) is 0 Å². The number of hydrogen-bond acceptors (Lipinski definition) is 3. The molecule has 0 fully saturated rings. The molecule has 0 aliphatic heterocycles. The van der Waals surface area contributed by atoms with E-state index in [0.29, 0.717) is 12.1 Å². The van der Waals surface area contributed by atoms with E-state index in [-0.39, 0.29) is 12.5 Å². The second-order valence-corrected chi connectivity index (χ2v) is 3.57. The lowest BCUT2D eigenvalue weighted by Crippen LogP contribution is -2.17. The lowest BCUT2D eigenvalue weighted by molar-refractivity contribution is -0.137. The zero-order valence-electron chi connectivity index (χ0n) is 8.73. The molecule has 0 heterocycles. The molecular formula is C11H16N2O2. The quantitative estimate of drug-likeness (QED) is 0.646. The predicted octanol–water partition coefficient (Wildman–Crippen LogP) is 1.93. The molecule has 4 N–H and O–H groups in total. The summed E-state index contributed by atoms with van der Waals surface area (Å²) in [6.45, 7) is 1.94. The van der Waals surface area contributed by atoms with Gasteiger partial charge in [-0.15, -0.1) is 0 Å². The van der Waals surface area contributed by atoms with E-state index in [1.807, 2.05) is 31.2 Å². The van der Waals surface area contributed by atoms with E-state index in [2.05, 4.69) is 5.32 Å². The van der Waals surface area contributed by atoms with Crippen LogP contribution in [0.1, 0.15) is 19.8 Å². The molecule has 0 aliphatic carbocycles. The number of carboxylic acid groups (broad SMARTS) is 1. The number of carboxylic acids is 1. The average molecular weight is 208 g/mol. The van der Waals surface area contributed by atoms with Crippen molar-refractivity contribution in [3.05, 3.63) is 24.3 Å². The van der Waals surface area contributed by atoms with E-state index in [0.717, 1.165) is 5.69 Å². The lowest BCUT2D eigenvalue weighted by atomic mass is 10.1. The van der Waals surface area contributed by atoms with Gasteiger partial charge in [0.15, 0.2) is 0 Å². The summed E-state index contributed by atoms with van der Waals surface area (Å²) in [4.78, 5) is 10.4. The van der Waals surface area contributed by atoms with Crippen LogP contribution >= 0.6 is 0 Å². The number of carbonyl (C=O) groups is 1. The number of nitrogen functional groups attached to an aromatic ring is 1. The van der Waals surface area contributed by atoms with Crippen LogP contribution in [0.3, 0.4) is 0 Å². The second kappa shape index (κ2) is 5.24. The molecule has 1 aromatic rings. The third-order valence-electron chi connectivity index (χ3n) is 2.15. The van der Waals surface area contributed by atoms with Crippen LogP contribution in [-0.4, -0.2) is 17.1 Å². The van der Waals surface area contributed by atoms with Crippen molar-refractivity contribution in [2.75, 3.05) is 11.1 Å². The van der Waals surface area contributed by atoms with E-state index in [4.69, 9.17) is 10.8 Å². The van der Waals surface area contributed by atoms with Gasteiger partial charge in [0.05, 0.1) is 11.4 Å². The molecular weight excluding hydrogens is 192 g/mol. The minimum Gasteiger partial charge on any atom is -0.481 e. The summed E-state index contributed by atoms with van der Waals surface area (Å²) in [7, 11) is 0. The number of para-hydroxylation sites is 2. The Bertz CT molecular complexity index is 339. The zero-order chi connectivity index (χ0) is 11.3. The molecule has 0 aromatic heterocycles. The van der Waals surface area contributed by atoms with E-state index in [9.17, 15) is 4.79 Å². The van der Waals surface area contributed by atoms with Gasteiger partial charge in [0.25, 0.3) is 0 Å². The molecule has 1 unspecified atom stereocenters. The first-order valence-electron chi connectivity index (χ1n) is 4.92. The normalized spacial score (nSPS) is 12.1. The Labute approximate surface area is 89.1 Å². The minimum atomic E-state index is -0.773. The highest BCUT2D eigenvalue weighted by atomic mass is 16.4. The average Bonchev–Trinajstić information content (AvgIpc) is 2.18. The molecule has 0 bridgehead atoms. The third-order valence-corrected chi connectivity index (χ3v) is 2.15. The molecule has 4 nitrogen and oxygen atoms in total. The number of nitrogens with two attached hydrogens (primary N) is 1. The van der Waals surface area contributed by atoms with Gasteiger partial charge in [-0.3, -0.25) is 4.79 Å². The van der Waals surface area contributed by atoms with Gasteiger partial charge in [0, 0.05) is 12.5 Å². The first-order valence-corrected chi connectivity index (χ1v) is 4.92. The Morgan fingerprint density at radius 1 is 1.53 bits per heavy atom. The summed E-state index contributed by atoms with van der Waals surface area (Å²) in [5.41, 5.74) is 7.28. The third kappa shape index (κ3) is 3.89. The van der Waals surface area contributed by atoms with Crippen LogP contribution < -0.4 is 11.1 Å². The summed E-state index contributed by atoms with van der Waals surface area (Å²) >= 11 is 0. The lowest BCUT2D eigenvalue weighted by Gasteiger charge is -2.15. The number of rotatable bonds is 5. The molecule has 82 valence electrons. The van der Waals surface area contributed by atoms with Crippen LogP contribution in [-0.2, 0) is 4.79 Å². The Morgan fingerprint density at radius 3 is 2.80 bits per heavy atom. The van der Waals surface area contributed by atoms with Gasteiger partial charge in [-0.25, -0.2) is 0 Å². The monoisotopic (exact) mass is 208 g/mol. The molecule has 0 spiro atoms. The van der Waals surface area contributed by atoms with Crippen molar-refractivity contribution in [1.29, 1.82) is 0 Å². The highest BCUT2D eigenvalue weighted by Gasteiger charge is 2.06. The maximum Gasteiger partial charge on any atom is 0.303 e. The first kappa shape index (κ1) is 11.4. The van der Waals surface area contributed by atoms with Crippen LogP contribution in [0, 0.1) is 0 Å². The molecule has 1 aromatic carbocycles. The number of benzene rings is 1. The van der Waals surface area contributed by atoms with Crippen LogP contribution in [0.25, 0.3) is 0 Å². The van der Waals surface area contributed by atoms with Crippen molar-refractivity contribution >= 4 is 17.3 Å². The van der Waals surface area contributed by atoms with Gasteiger partial charge < -0.3 is 16.2 Å². The number of anilines is 2. The molecule has 4 heteroatoms. The summed E-state index contributed by atoms with van der Waals surface area (Å²) in [6.07, 6.45) is 0.755. The molecule has 0 aliphatic rings. The van der Waals surface area contributed by atoms with Crippen molar-refractivity contribution in [3.63, 3.8) is 0 Å². The number of nitrogens with one attached hydrogen (secondary N) is 1. The Balaban J connectivity index is 2.47. The molecule has 0 amide bonds. The molecule has 0 radical (unpaired) electrons. The fourth-order valence-electron chi connectivity index (χ4n) is 1.31. The maximum absolute atomic E-state index is 10.4. The fourth-order valence-corrected chi connectivity index (χ4v) is 1.31. The number of hydrogen-bond donors (Lipinski definition) is 3. The smallest absolute Gasteiger partial charge is 0.303 e. The Morgan fingerprint density at radius 2 is 2.20 bits per heavy atom. The van der Waals surface area contributed by atoms with Crippen molar-refractivity contribution in [3.8, 4) is 0 Å². The van der Waals surface area contributed by atoms with Gasteiger partial charge >= 0.3 is 5.97 Å². The van der Waals surface area contributed by atoms with Crippen LogP contribution in [0.15, 0.2) is 24.3 Å². The highest BCUT2D eigenvalue weighted by Crippen LogP contribution is 2.18. The fraction of sp³-hybridized carbons (Fsp3) is 0.364. The van der Waals surface area contributed by atoms with Crippen molar-refractivity contribution in [2.24, 2.45) is 0 Å².